The van der Waals surface area contributed by atoms with Crippen molar-refractivity contribution >= 4 is 29.2 Å². The van der Waals surface area contributed by atoms with E-state index in [1.807, 2.05) is 0 Å². The number of hydrogen-bond donors (Lipinski definition) is 2. The monoisotopic (exact) mass is 476 g/mol. The second kappa shape index (κ2) is 20.6. The lowest BCUT2D eigenvalue weighted by Gasteiger charge is -2.07. The van der Waals surface area contributed by atoms with Crippen molar-refractivity contribution in [1.29, 1.82) is 0 Å². The van der Waals surface area contributed by atoms with Crippen LogP contribution in [0.2, 0.25) is 0 Å². The molecule has 0 aromatic heterocycles. The van der Waals surface area contributed by atoms with E-state index >= 15 is 0 Å². The number of unbranched alkanes of at least 4 members (excludes halogenated alkanes) is 15. The van der Waals surface area contributed by atoms with Gasteiger partial charge in [0.15, 0.2) is 5.11 Å². The van der Waals surface area contributed by atoms with Crippen LogP contribution < -0.4 is 10.7 Å². The summed E-state index contributed by atoms with van der Waals surface area (Å²) in [6.07, 6.45) is 23.3. The number of nitro groups is 1. The van der Waals surface area contributed by atoms with E-state index < -0.39 is 4.92 Å². The number of benzene rings is 1. The van der Waals surface area contributed by atoms with Gasteiger partial charge in [0.25, 0.3) is 5.69 Å². The maximum Gasteiger partial charge on any atom is 0.270 e. The molecule has 6 nitrogen and oxygen atoms in total. The average molecular weight is 477 g/mol. The summed E-state index contributed by atoms with van der Waals surface area (Å²) in [6, 6.07) is 6.31. The molecule has 0 atom stereocenters. The summed E-state index contributed by atoms with van der Waals surface area (Å²) in [4.78, 5) is 10.4. The molecular weight excluding hydrogens is 432 g/mol. The molecule has 0 fully saturated rings. The van der Waals surface area contributed by atoms with Crippen LogP contribution in [0.5, 0.6) is 0 Å². The van der Waals surface area contributed by atoms with Gasteiger partial charge in [-0.1, -0.05) is 115 Å². The Morgan fingerprint density at radius 2 is 1.42 bits per heavy atom. The van der Waals surface area contributed by atoms with Crippen molar-refractivity contribution in [2.45, 2.75) is 110 Å². The van der Waals surface area contributed by atoms with Crippen LogP contribution in [0.4, 0.5) is 5.69 Å². The van der Waals surface area contributed by atoms with Gasteiger partial charge in [0.2, 0.25) is 0 Å². The van der Waals surface area contributed by atoms with Crippen LogP contribution in [0.15, 0.2) is 29.4 Å². The van der Waals surface area contributed by atoms with Crippen molar-refractivity contribution in [2.75, 3.05) is 6.54 Å². The van der Waals surface area contributed by atoms with E-state index in [-0.39, 0.29) is 5.69 Å². The number of hydrazone groups is 1. The molecule has 0 heterocycles. The van der Waals surface area contributed by atoms with Gasteiger partial charge in [0.05, 0.1) is 11.1 Å². The van der Waals surface area contributed by atoms with Gasteiger partial charge in [-0.2, -0.15) is 5.10 Å². The number of rotatable bonds is 20. The summed E-state index contributed by atoms with van der Waals surface area (Å²) < 4.78 is 0. The topological polar surface area (TPSA) is 79.6 Å². The fraction of sp³-hybridized carbons (Fsp3) is 0.692. The third-order valence-corrected chi connectivity index (χ3v) is 6.01. The highest BCUT2D eigenvalue weighted by Gasteiger charge is 2.04. The van der Waals surface area contributed by atoms with Crippen LogP contribution in [0.3, 0.4) is 0 Å². The molecule has 7 heteroatoms. The fourth-order valence-electron chi connectivity index (χ4n) is 3.80. The van der Waals surface area contributed by atoms with Gasteiger partial charge in [-0.15, -0.1) is 0 Å². The van der Waals surface area contributed by atoms with Gasteiger partial charge in [0, 0.05) is 24.2 Å². The van der Waals surface area contributed by atoms with Gasteiger partial charge in [-0.3, -0.25) is 15.5 Å². The van der Waals surface area contributed by atoms with Crippen LogP contribution in [0, 0.1) is 10.1 Å². The molecule has 0 aliphatic rings. The third kappa shape index (κ3) is 17.2. The molecule has 0 radical (unpaired) electrons. The molecule has 0 bridgehead atoms. The van der Waals surface area contributed by atoms with Crippen LogP contribution in [0.1, 0.15) is 115 Å². The summed E-state index contributed by atoms with van der Waals surface area (Å²) >= 11 is 5.20. The highest BCUT2D eigenvalue weighted by atomic mass is 32.1. The molecule has 1 aromatic rings. The summed E-state index contributed by atoms with van der Waals surface area (Å²) in [6.45, 7) is 3.11. The molecule has 0 saturated heterocycles. The maximum absolute atomic E-state index is 10.8. The standard InChI is InChI=1S/C26H44N4O2S/c1-2-3-4-5-6-7-8-9-10-11-12-13-14-15-16-17-21-27-26(33)29-28-23-24-19-18-20-25(22-24)30(31)32/h18-20,22-23H,2-17,21H2,1H3,(H2,27,29,33)/b28-23-. The van der Waals surface area contributed by atoms with Gasteiger partial charge in [0.1, 0.15) is 0 Å². The summed E-state index contributed by atoms with van der Waals surface area (Å²) in [5.41, 5.74) is 3.45. The Bertz CT molecular complexity index is 682. The van der Waals surface area contributed by atoms with E-state index in [1.165, 1.54) is 115 Å². The second-order valence-electron chi connectivity index (χ2n) is 8.78. The summed E-state index contributed by atoms with van der Waals surface area (Å²) in [5.74, 6) is 0. The molecule has 0 saturated carbocycles. The highest BCUT2D eigenvalue weighted by Crippen LogP contribution is 2.14. The van der Waals surface area contributed by atoms with Gasteiger partial charge in [-0.05, 0) is 18.6 Å². The van der Waals surface area contributed by atoms with Crippen molar-refractivity contribution in [3.8, 4) is 0 Å². The Morgan fingerprint density at radius 3 is 1.94 bits per heavy atom. The molecular formula is C26H44N4O2S. The van der Waals surface area contributed by atoms with E-state index in [9.17, 15) is 10.1 Å². The summed E-state index contributed by atoms with van der Waals surface area (Å²) in [7, 11) is 0. The number of hydrogen-bond acceptors (Lipinski definition) is 4. The molecule has 0 spiro atoms. The zero-order valence-corrected chi connectivity index (χ0v) is 21.3. The lowest BCUT2D eigenvalue weighted by molar-refractivity contribution is -0.384. The number of thiocarbonyl (C=S) groups is 1. The maximum atomic E-state index is 10.8. The first kappa shape index (κ1) is 29.0. The van der Waals surface area contributed by atoms with Crippen LogP contribution in [0.25, 0.3) is 0 Å². The van der Waals surface area contributed by atoms with Gasteiger partial charge < -0.3 is 5.32 Å². The number of non-ortho nitro benzene ring substituents is 1. The van der Waals surface area contributed by atoms with E-state index in [0.29, 0.717) is 10.7 Å². The Morgan fingerprint density at radius 1 is 0.909 bits per heavy atom. The molecule has 0 amide bonds. The Labute approximate surface area is 206 Å². The van der Waals surface area contributed by atoms with Gasteiger partial charge >= 0.3 is 0 Å². The minimum absolute atomic E-state index is 0.0446. The van der Waals surface area contributed by atoms with Gasteiger partial charge in [-0.25, -0.2) is 0 Å². The highest BCUT2D eigenvalue weighted by molar-refractivity contribution is 7.80. The zero-order valence-electron chi connectivity index (χ0n) is 20.5. The lowest BCUT2D eigenvalue weighted by Crippen LogP contribution is -2.32. The van der Waals surface area contributed by atoms with Crippen molar-refractivity contribution in [3.05, 3.63) is 39.9 Å². The molecule has 186 valence electrons. The molecule has 0 aliphatic carbocycles. The zero-order chi connectivity index (χ0) is 24.0. The van der Waals surface area contributed by atoms with Crippen molar-refractivity contribution in [1.82, 2.24) is 10.7 Å². The quantitative estimate of drug-likeness (QED) is 0.0664. The normalized spacial score (nSPS) is 11.1. The second-order valence-corrected chi connectivity index (χ2v) is 9.19. The van der Waals surface area contributed by atoms with E-state index in [4.69, 9.17) is 12.2 Å². The molecule has 2 N–H and O–H groups in total. The molecule has 1 aromatic carbocycles. The number of nitrogens with one attached hydrogen (secondary N) is 2. The largest absolute Gasteiger partial charge is 0.361 e. The third-order valence-electron chi connectivity index (χ3n) is 5.78. The first-order valence-electron chi connectivity index (χ1n) is 12.9. The van der Waals surface area contributed by atoms with Crippen LogP contribution >= 0.6 is 12.2 Å². The SMILES string of the molecule is CCCCCCCCCCCCCCCCCCNC(=S)N/N=C\c1cccc([N+](=O)[O-])c1. The smallest absolute Gasteiger partial charge is 0.270 e. The van der Waals surface area contributed by atoms with Crippen LogP contribution in [-0.2, 0) is 0 Å². The molecule has 33 heavy (non-hydrogen) atoms. The predicted octanol–water partition coefficient (Wildman–Crippen LogP) is 7.65. The fourth-order valence-corrected chi connectivity index (χ4v) is 3.95. The molecule has 1 rings (SSSR count). The first-order valence-corrected chi connectivity index (χ1v) is 13.4. The molecule has 0 aliphatic heterocycles. The Hall–Kier alpha value is -2.02. The van der Waals surface area contributed by atoms with E-state index in [0.717, 1.165) is 13.0 Å². The minimum Gasteiger partial charge on any atom is -0.361 e. The van der Waals surface area contributed by atoms with Crippen LogP contribution in [-0.4, -0.2) is 22.8 Å². The van der Waals surface area contributed by atoms with Crippen molar-refractivity contribution in [2.24, 2.45) is 5.10 Å². The van der Waals surface area contributed by atoms with Crippen molar-refractivity contribution < 1.29 is 4.92 Å². The Balaban J connectivity index is 1.87. The Kier molecular flexibility index (Phi) is 18.1. The van der Waals surface area contributed by atoms with E-state index in [2.05, 4.69) is 22.8 Å². The lowest BCUT2D eigenvalue weighted by atomic mass is 10.0. The first-order chi connectivity index (χ1) is 16.1. The van der Waals surface area contributed by atoms with E-state index in [1.54, 1.807) is 12.1 Å². The average Bonchev–Trinajstić information content (AvgIpc) is 2.81. The van der Waals surface area contributed by atoms with Crippen molar-refractivity contribution in [3.63, 3.8) is 0 Å². The predicted molar refractivity (Wildman–Crippen MR) is 144 cm³/mol. The number of nitro benzene ring substituents is 1. The molecule has 0 unspecified atom stereocenters. The number of nitrogens with zero attached hydrogens (tertiary/aromatic N) is 2. The minimum atomic E-state index is -0.422. The summed E-state index contributed by atoms with van der Waals surface area (Å²) in [5, 5.41) is 18.4.